The van der Waals surface area contributed by atoms with Crippen molar-refractivity contribution < 1.29 is 14.3 Å². The average Bonchev–Trinajstić information content (AvgIpc) is 2.82. The second-order valence-electron chi connectivity index (χ2n) is 4.69. The molecule has 2 aromatic rings. The van der Waals surface area contributed by atoms with Gasteiger partial charge in [0, 0.05) is 18.1 Å². The number of Topliss-reactive ketones (excluding diaryl/α,β-unsaturated/α-hetero) is 1. The number of hydrogen-bond acceptors (Lipinski definition) is 5. The molecular weight excluding hydrogens is 256 g/mol. The lowest BCUT2D eigenvalue weighted by Gasteiger charge is -2.08. The van der Waals surface area contributed by atoms with E-state index in [0.717, 1.165) is 16.7 Å². The van der Waals surface area contributed by atoms with Gasteiger partial charge in [0.15, 0.2) is 5.78 Å². The van der Waals surface area contributed by atoms with Crippen LogP contribution in [-0.4, -0.2) is 21.7 Å². The van der Waals surface area contributed by atoms with Gasteiger partial charge in [0.25, 0.3) is 0 Å². The van der Waals surface area contributed by atoms with E-state index in [9.17, 15) is 9.59 Å². The van der Waals surface area contributed by atoms with Gasteiger partial charge in [-0.15, -0.1) is 0 Å². The van der Waals surface area contributed by atoms with Crippen LogP contribution in [-0.2, 0) is 11.3 Å². The molecule has 0 unspecified atom stereocenters. The first-order chi connectivity index (χ1) is 9.58. The molecule has 1 aromatic heterocycles. The van der Waals surface area contributed by atoms with Gasteiger partial charge in [-0.2, -0.15) is 0 Å². The fraction of sp³-hybridized carbons (Fsp3) is 0.200. The number of esters is 1. The Bertz CT molecular complexity index is 738. The Kier molecular flexibility index (Phi) is 2.82. The largest absolute Gasteiger partial charge is 0.457 e. The Labute approximate surface area is 115 Å². The van der Waals surface area contributed by atoms with Crippen molar-refractivity contribution in [2.24, 2.45) is 0 Å². The Balaban J connectivity index is 2.14. The highest BCUT2D eigenvalue weighted by Crippen LogP contribution is 2.30. The van der Waals surface area contributed by atoms with E-state index in [2.05, 4.69) is 9.97 Å². The molecule has 1 aliphatic heterocycles. The van der Waals surface area contributed by atoms with Gasteiger partial charge in [-0.25, -0.2) is 9.78 Å². The number of fused-ring (bicyclic) bond motifs is 1. The van der Waals surface area contributed by atoms with E-state index >= 15 is 0 Å². The molecule has 0 spiro atoms. The molecule has 20 heavy (non-hydrogen) atoms. The number of ether oxygens (including phenoxy) is 1. The molecule has 2 heterocycles. The number of aromatic nitrogens is 2. The number of rotatable bonds is 2. The molecule has 0 N–H and O–H groups in total. The molecule has 0 saturated heterocycles. The zero-order chi connectivity index (χ0) is 14.3. The summed E-state index contributed by atoms with van der Waals surface area (Å²) in [7, 11) is 0. The normalized spacial score (nSPS) is 13.0. The lowest BCUT2D eigenvalue weighted by molar-refractivity contribution is 0.0534. The van der Waals surface area contributed by atoms with Crippen LogP contribution >= 0.6 is 0 Å². The highest BCUT2D eigenvalue weighted by atomic mass is 16.5. The summed E-state index contributed by atoms with van der Waals surface area (Å²) < 4.78 is 5.03. The zero-order valence-corrected chi connectivity index (χ0v) is 11.1. The van der Waals surface area contributed by atoms with E-state index in [0.29, 0.717) is 17.0 Å². The maximum atomic E-state index is 11.5. The van der Waals surface area contributed by atoms with Gasteiger partial charge >= 0.3 is 5.97 Å². The van der Waals surface area contributed by atoms with E-state index in [-0.39, 0.29) is 18.4 Å². The van der Waals surface area contributed by atoms with Crippen LogP contribution in [0.15, 0.2) is 24.5 Å². The minimum Gasteiger partial charge on any atom is -0.457 e. The molecule has 0 saturated carbocycles. The molecule has 0 fully saturated rings. The summed E-state index contributed by atoms with van der Waals surface area (Å²) in [5, 5.41) is 0. The first-order valence-corrected chi connectivity index (χ1v) is 6.21. The zero-order valence-electron chi connectivity index (χ0n) is 11.1. The molecule has 100 valence electrons. The molecule has 1 aliphatic rings. The number of nitrogens with zero attached hydrogens (tertiary/aromatic N) is 2. The van der Waals surface area contributed by atoms with E-state index in [1.54, 1.807) is 12.3 Å². The molecule has 0 amide bonds. The third-order valence-corrected chi connectivity index (χ3v) is 3.44. The van der Waals surface area contributed by atoms with E-state index in [1.165, 1.54) is 13.1 Å². The first kappa shape index (κ1) is 12.5. The average molecular weight is 268 g/mol. The summed E-state index contributed by atoms with van der Waals surface area (Å²) >= 11 is 0. The maximum Gasteiger partial charge on any atom is 0.338 e. The molecule has 5 nitrogen and oxygen atoms in total. The Morgan fingerprint density at radius 2 is 2.00 bits per heavy atom. The van der Waals surface area contributed by atoms with Gasteiger partial charge in [0.05, 0.1) is 23.7 Å². The van der Waals surface area contributed by atoms with Crippen molar-refractivity contribution in [2.45, 2.75) is 20.5 Å². The second-order valence-corrected chi connectivity index (χ2v) is 4.69. The third-order valence-electron chi connectivity index (χ3n) is 3.44. The molecule has 0 atom stereocenters. The lowest BCUT2D eigenvalue weighted by Crippen LogP contribution is -2.01. The second kappa shape index (κ2) is 4.52. The maximum absolute atomic E-state index is 11.5. The van der Waals surface area contributed by atoms with Crippen LogP contribution < -0.4 is 0 Å². The van der Waals surface area contributed by atoms with E-state index < -0.39 is 0 Å². The number of cyclic esters (lactones) is 1. The standard InChI is InChI=1S/C15H12N2O3/c1-8-10(3-4-11-12(8)7-20-15(11)19)14-6-16-5-13(17-14)9(2)18/h3-6H,7H2,1-2H3. The fourth-order valence-electron chi connectivity index (χ4n) is 2.29. The van der Waals surface area contributed by atoms with Crippen LogP contribution in [0.1, 0.15) is 38.9 Å². The smallest absolute Gasteiger partial charge is 0.338 e. The summed E-state index contributed by atoms with van der Waals surface area (Å²) in [5.41, 5.74) is 4.22. The van der Waals surface area contributed by atoms with Gasteiger partial charge in [-0.1, -0.05) is 6.07 Å². The lowest BCUT2D eigenvalue weighted by atomic mass is 9.97. The number of benzene rings is 1. The number of hydrogen-bond donors (Lipinski definition) is 0. The van der Waals surface area contributed by atoms with Gasteiger partial charge in [-0.3, -0.25) is 9.78 Å². The predicted octanol–water partition coefficient (Wildman–Crippen LogP) is 2.33. The summed E-state index contributed by atoms with van der Waals surface area (Å²) in [4.78, 5) is 31.3. The van der Waals surface area contributed by atoms with Crippen molar-refractivity contribution in [3.05, 3.63) is 46.9 Å². The molecule has 1 aromatic carbocycles. The molecule has 5 heteroatoms. The van der Waals surface area contributed by atoms with Gasteiger partial charge < -0.3 is 4.74 Å². The van der Waals surface area contributed by atoms with Gasteiger partial charge in [0.2, 0.25) is 0 Å². The minimum absolute atomic E-state index is 0.128. The Morgan fingerprint density at radius 1 is 1.25 bits per heavy atom. The van der Waals surface area contributed by atoms with Crippen LogP contribution in [0.3, 0.4) is 0 Å². The molecule has 0 radical (unpaired) electrons. The van der Waals surface area contributed by atoms with Crippen LogP contribution in [0.5, 0.6) is 0 Å². The van der Waals surface area contributed by atoms with Gasteiger partial charge in [0.1, 0.15) is 12.3 Å². The Morgan fingerprint density at radius 3 is 2.75 bits per heavy atom. The summed E-state index contributed by atoms with van der Waals surface area (Å²) in [6.45, 7) is 3.65. The van der Waals surface area contributed by atoms with E-state index in [4.69, 9.17) is 4.74 Å². The fourth-order valence-corrected chi connectivity index (χ4v) is 2.29. The van der Waals surface area contributed by atoms with Crippen molar-refractivity contribution in [2.75, 3.05) is 0 Å². The molecule has 0 bridgehead atoms. The third kappa shape index (κ3) is 1.87. The molecule has 0 aliphatic carbocycles. The SMILES string of the molecule is CC(=O)c1cncc(-c2ccc3c(c2C)COC3=O)n1. The van der Waals surface area contributed by atoms with Crippen molar-refractivity contribution in [1.82, 2.24) is 9.97 Å². The van der Waals surface area contributed by atoms with Crippen molar-refractivity contribution in [1.29, 1.82) is 0 Å². The first-order valence-electron chi connectivity index (χ1n) is 6.21. The Hall–Kier alpha value is -2.56. The number of carbonyl (C=O) groups is 2. The summed E-state index contributed by atoms with van der Waals surface area (Å²) in [6.07, 6.45) is 3.06. The molecule has 3 rings (SSSR count). The summed E-state index contributed by atoms with van der Waals surface area (Å²) in [5.74, 6) is -0.421. The monoisotopic (exact) mass is 268 g/mol. The predicted molar refractivity (Wildman–Crippen MR) is 71.3 cm³/mol. The number of carbonyl (C=O) groups excluding carboxylic acids is 2. The van der Waals surface area contributed by atoms with Crippen molar-refractivity contribution >= 4 is 11.8 Å². The molecular formula is C15H12N2O3. The van der Waals surface area contributed by atoms with Crippen molar-refractivity contribution in [3.8, 4) is 11.3 Å². The van der Waals surface area contributed by atoms with Crippen LogP contribution in [0.4, 0.5) is 0 Å². The minimum atomic E-state index is -0.293. The quantitative estimate of drug-likeness (QED) is 0.617. The summed E-state index contributed by atoms with van der Waals surface area (Å²) in [6, 6.07) is 3.55. The highest BCUT2D eigenvalue weighted by Gasteiger charge is 2.24. The van der Waals surface area contributed by atoms with Crippen LogP contribution in [0.25, 0.3) is 11.3 Å². The van der Waals surface area contributed by atoms with Crippen molar-refractivity contribution in [3.63, 3.8) is 0 Å². The van der Waals surface area contributed by atoms with Crippen LogP contribution in [0.2, 0.25) is 0 Å². The highest BCUT2D eigenvalue weighted by molar-refractivity contribution is 5.95. The van der Waals surface area contributed by atoms with E-state index in [1.807, 2.05) is 13.0 Å². The van der Waals surface area contributed by atoms with Crippen LogP contribution in [0, 0.1) is 6.92 Å². The van der Waals surface area contributed by atoms with Gasteiger partial charge in [-0.05, 0) is 18.6 Å². The number of ketones is 1. The topological polar surface area (TPSA) is 69.2 Å².